The maximum Gasteiger partial charge on any atom is 0.333 e. The Hall–Kier alpha value is -6.76. The van der Waals surface area contributed by atoms with E-state index in [0.717, 1.165) is 40.8 Å². The van der Waals surface area contributed by atoms with Gasteiger partial charge in [-0.2, -0.15) is 0 Å². The highest BCUT2D eigenvalue weighted by Gasteiger charge is 2.48. The highest BCUT2D eigenvalue weighted by atomic mass is 32.1. The molecule has 64 heavy (non-hydrogen) atoms. The Labute approximate surface area is 379 Å². The van der Waals surface area contributed by atoms with Gasteiger partial charge in [0.15, 0.2) is 23.0 Å². The van der Waals surface area contributed by atoms with Gasteiger partial charge < -0.3 is 19.2 Å². The van der Waals surface area contributed by atoms with Crippen molar-refractivity contribution in [2.24, 2.45) is 0 Å². The van der Waals surface area contributed by atoms with Crippen molar-refractivity contribution >= 4 is 77.7 Å². The average molecular weight is 847 g/mol. The van der Waals surface area contributed by atoms with Crippen LogP contribution in [-0.2, 0) is 10.8 Å². The summed E-state index contributed by atoms with van der Waals surface area (Å²) in [5.74, 6) is 2.89. The predicted octanol–water partition coefficient (Wildman–Crippen LogP) is 15.3. The van der Waals surface area contributed by atoms with Crippen LogP contribution in [0.5, 0.6) is 23.0 Å². The number of benzene rings is 8. The minimum atomic E-state index is -0.212. The Morgan fingerprint density at radius 2 is 1.17 bits per heavy atom. The summed E-state index contributed by atoms with van der Waals surface area (Å²) in [5, 5.41) is 2.57. The zero-order valence-electron chi connectivity index (χ0n) is 37.0. The standard InChI is InChI=1S/C58H47BN2O2S/c1-34-26-41-39-30-55-40(38-19-11-15-23-54(38)64-55)29-47(39)61(45-20-12-10-18-37(45)36-16-8-7-9-17-36)59-44-32-52-53(63-51-22-14-13-21-50(51)62-52)33-48(44)60(49(27-34)56(41)59)46-31-43-42(28-35(46)2)57(3,4)24-25-58(43,5)6/h7-23,26-33H,24-25H2,1-6H3. The fraction of sp³-hybridized carbons (Fsp3) is 0.172. The Morgan fingerprint density at radius 3 is 1.95 bits per heavy atom. The van der Waals surface area contributed by atoms with E-state index in [-0.39, 0.29) is 17.7 Å². The molecule has 0 saturated carbocycles. The summed E-state index contributed by atoms with van der Waals surface area (Å²) < 4.78 is 16.2. The molecule has 4 heterocycles. The summed E-state index contributed by atoms with van der Waals surface area (Å²) >= 11 is 1.89. The molecule has 4 aliphatic rings. The van der Waals surface area contributed by atoms with E-state index in [2.05, 4.69) is 179 Å². The van der Waals surface area contributed by atoms with Crippen LogP contribution in [0.4, 0.5) is 28.4 Å². The van der Waals surface area contributed by atoms with Gasteiger partial charge in [-0.25, -0.2) is 0 Å². The summed E-state index contributed by atoms with van der Waals surface area (Å²) in [4.78, 5) is 5.22. The van der Waals surface area contributed by atoms with Gasteiger partial charge in [-0.1, -0.05) is 119 Å². The van der Waals surface area contributed by atoms with Gasteiger partial charge in [0.2, 0.25) is 0 Å². The smallest absolute Gasteiger partial charge is 0.333 e. The summed E-state index contributed by atoms with van der Waals surface area (Å²) in [6.45, 7) is 14.1. The van der Waals surface area contributed by atoms with E-state index in [1.807, 2.05) is 35.6 Å². The molecule has 0 amide bonds. The van der Waals surface area contributed by atoms with Crippen molar-refractivity contribution in [3.05, 3.63) is 174 Å². The van der Waals surface area contributed by atoms with Crippen molar-refractivity contribution in [1.29, 1.82) is 0 Å². The van der Waals surface area contributed by atoms with E-state index in [1.54, 1.807) is 0 Å². The lowest BCUT2D eigenvalue weighted by atomic mass is 9.43. The second-order valence-electron chi connectivity index (χ2n) is 19.7. The molecular formula is C58H47BN2O2S. The van der Waals surface area contributed by atoms with Crippen LogP contribution in [0.25, 0.3) is 42.4 Å². The molecule has 8 aromatic carbocycles. The Balaban J connectivity index is 1.16. The number of thiophene rings is 1. The van der Waals surface area contributed by atoms with Crippen molar-refractivity contribution in [3.63, 3.8) is 0 Å². The molecule has 9 aromatic rings. The molecule has 1 aromatic heterocycles. The van der Waals surface area contributed by atoms with Gasteiger partial charge >= 0.3 is 6.85 Å². The molecule has 0 atom stereocenters. The van der Waals surface area contributed by atoms with E-state index < -0.39 is 0 Å². The molecule has 0 unspecified atom stereocenters. The number of fused-ring (bicyclic) bond motifs is 10. The molecule has 0 radical (unpaired) electrons. The topological polar surface area (TPSA) is 24.9 Å². The van der Waals surface area contributed by atoms with Crippen LogP contribution in [0.15, 0.2) is 152 Å². The lowest BCUT2D eigenvalue weighted by Crippen LogP contribution is -2.61. The van der Waals surface area contributed by atoms with E-state index in [1.165, 1.54) is 99.1 Å². The molecule has 3 aliphatic heterocycles. The summed E-state index contributed by atoms with van der Waals surface area (Å²) in [6, 6.07) is 56.1. The van der Waals surface area contributed by atoms with Gasteiger partial charge in [-0.05, 0) is 136 Å². The molecule has 0 spiro atoms. The van der Waals surface area contributed by atoms with E-state index in [9.17, 15) is 0 Å². The minimum Gasteiger partial charge on any atom is -0.450 e. The number of para-hydroxylation sites is 3. The quantitative estimate of drug-likeness (QED) is 0.165. The summed E-state index contributed by atoms with van der Waals surface area (Å²) in [7, 11) is 0. The number of hydrogen-bond donors (Lipinski definition) is 0. The maximum atomic E-state index is 6.82. The maximum absolute atomic E-state index is 6.82. The average Bonchev–Trinajstić information content (AvgIpc) is 3.67. The molecule has 1 aliphatic carbocycles. The Bertz CT molecular complexity index is 3460. The van der Waals surface area contributed by atoms with Crippen LogP contribution in [0.2, 0.25) is 0 Å². The SMILES string of the molecule is Cc1cc2c3c(c1)N(c1cc4c(cc1C)C(C)(C)CCC4(C)C)c1cc4c(cc1B3N(c1ccccc1-c1ccccc1)c1cc3c(cc1-2)sc1ccccc13)Oc1ccccc1O4. The molecule has 0 bridgehead atoms. The number of anilines is 5. The molecule has 13 rings (SSSR count). The first kappa shape index (κ1) is 37.8. The third kappa shape index (κ3) is 5.42. The fourth-order valence-corrected chi connectivity index (χ4v) is 12.5. The van der Waals surface area contributed by atoms with Crippen LogP contribution in [0, 0.1) is 13.8 Å². The van der Waals surface area contributed by atoms with Gasteiger partial charge in [0.25, 0.3) is 0 Å². The molecular weight excluding hydrogens is 800 g/mol. The van der Waals surface area contributed by atoms with Crippen LogP contribution in [0.3, 0.4) is 0 Å². The zero-order valence-corrected chi connectivity index (χ0v) is 37.9. The number of nitrogens with zero attached hydrogens (tertiary/aromatic N) is 2. The van der Waals surface area contributed by atoms with Crippen LogP contribution < -0.4 is 30.1 Å². The van der Waals surface area contributed by atoms with E-state index >= 15 is 0 Å². The first-order valence-electron chi connectivity index (χ1n) is 22.6. The van der Waals surface area contributed by atoms with Gasteiger partial charge in [0, 0.05) is 65.8 Å². The van der Waals surface area contributed by atoms with Gasteiger partial charge in [0.05, 0.1) is 0 Å². The summed E-state index contributed by atoms with van der Waals surface area (Å²) in [5.41, 5.74) is 18.7. The second-order valence-corrected chi connectivity index (χ2v) is 20.7. The molecule has 4 nitrogen and oxygen atoms in total. The van der Waals surface area contributed by atoms with Gasteiger partial charge in [-0.3, -0.25) is 0 Å². The monoisotopic (exact) mass is 846 g/mol. The highest BCUT2D eigenvalue weighted by molar-refractivity contribution is 7.25. The van der Waals surface area contributed by atoms with Gasteiger partial charge in [0.1, 0.15) is 0 Å². The van der Waals surface area contributed by atoms with Crippen molar-refractivity contribution in [3.8, 4) is 45.3 Å². The lowest BCUT2D eigenvalue weighted by molar-refractivity contribution is 0.332. The molecule has 0 N–H and O–H groups in total. The highest BCUT2D eigenvalue weighted by Crippen LogP contribution is 2.55. The van der Waals surface area contributed by atoms with Crippen molar-refractivity contribution in [1.82, 2.24) is 0 Å². The number of ether oxygens (including phenoxy) is 2. The first-order valence-corrected chi connectivity index (χ1v) is 23.5. The number of hydrogen-bond acceptors (Lipinski definition) is 5. The van der Waals surface area contributed by atoms with Crippen molar-refractivity contribution in [2.75, 3.05) is 9.71 Å². The zero-order chi connectivity index (χ0) is 43.2. The third-order valence-electron chi connectivity index (χ3n) is 14.7. The Morgan fingerprint density at radius 1 is 0.500 bits per heavy atom. The molecule has 310 valence electrons. The predicted molar refractivity (Wildman–Crippen MR) is 270 cm³/mol. The lowest BCUT2D eigenvalue weighted by Gasteiger charge is -2.47. The molecule has 0 saturated heterocycles. The second kappa shape index (κ2) is 13.4. The van der Waals surface area contributed by atoms with Crippen molar-refractivity contribution < 1.29 is 9.47 Å². The van der Waals surface area contributed by atoms with E-state index in [4.69, 9.17) is 9.47 Å². The van der Waals surface area contributed by atoms with Crippen molar-refractivity contribution in [2.45, 2.75) is 65.2 Å². The van der Waals surface area contributed by atoms with Crippen LogP contribution in [-0.4, -0.2) is 6.85 Å². The number of rotatable bonds is 3. The van der Waals surface area contributed by atoms with Gasteiger partial charge in [-0.15, -0.1) is 11.3 Å². The van der Waals surface area contributed by atoms with Crippen LogP contribution >= 0.6 is 11.3 Å². The van der Waals surface area contributed by atoms with E-state index in [0.29, 0.717) is 0 Å². The fourth-order valence-electron chi connectivity index (χ4n) is 11.4. The first-order chi connectivity index (χ1) is 31.0. The minimum absolute atomic E-state index is 0.0313. The normalized spacial score (nSPS) is 15.9. The third-order valence-corrected chi connectivity index (χ3v) is 15.8. The Kier molecular flexibility index (Phi) is 7.90. The number of aryl methyl sites for hydroxylation is 2. The molecule has 6 heteroatoms. The van der Waals surface area contributed by atoms with Crippen LogP contribution in [0.1, 0.15) is 62.8 Å². The summed E-state index contributed by atoms with van der Waals surface area (Å²) in [6.07, 6.45) is 2.31. The molecule has 0 fully saturated rings. The largest absolute Gasteiger partial charge is 0.450 e.